The third-order valence-electron chi connectivity index (χ3n) is 2.11. The predicted octanol–water partition coefficient (Wildman–Crippen LogP) is 3.61. The van der Waals surface area contributed by atoms with Crippen LogP contribution in [0, 0.1) is 5.82 Å². The van der Waals surface area contributed by atoms with Crippen LogP contribution in [0.3, 0.4) is 0 Å². The van der Waals surface area contributed by atoms with E-state index in [9.17, 15) is 8.96 Å². The lowest BCUT2D eigenvalue weighted by Gasteiger charge is -2.13. The molecule has 0 bridgehead atoms. The molecule has 1 aromatic carbocycles. The fraction of sp³-hybridized carbons (Fsp3) is 0.333. The van der Waals surface area contributed by atoms with E-state index in [4.69, 9.17) is 20.6 Å². The van der Waals surface area contributed by atoms with E-state index in [2.05, 4.69) is 0 Å². The Bertz CT molecular complexity index is 399. The van der Waals surface area contributed by atoms with Crippen LogP contribution in [0.1, 0.15) is 18.1 Å². The maximum absolute atomic E-state index is 12.9. The molecule has 2 rings (SSSR count). The minimum absolute atomic E-state index is 0.0396. The Balaban J connectivity index is 2.21. The fourth-order valence-corrected chi connectivity index (χ4v) is 2.30. The first-order valence-electron chi connectivity index (χ1n) is 4.39. The molecule has 0 N–H and O–H groups in total. The monoisotopic (exact) mass is 249 g/mol. The Kier molecular flexibility index (Phi) is 3.32. The summed E-state index contributed by atoms with van der Waals surface area (Å²) in [7, 11) is -2.06. The van der Waals surface area contributed by atoms with E-state index in [0.717, 1.165) is 0 Å². The van der Waals surface area contributed by atoms with Crippen molar-refractivity contribution in [3.8, 4) is 0 Å². The second kappa shape index (κ2) is 4.54. The zero-order valence-corrected chi connectivity index (χ0v) is 9.30. The van der Waals surface area contributed by atoms with Crippen molar-refractivity contribution in [2.24, 2.45) is 0 Å². The highest BCUT2D eigenvalue weighted by Crippen LogP contribution is 2.40. The van der Waals surface area contributed by atoms with Crippen molar-refractivity contribution in [3.63, 3.8) is 0 Å². The molecule has 3 nitrogen and oxygen atoms in total. The molecule has 1 aliphatic heterocycles. The van der Waals surface area contributed by atoms with Gasteiger partial charge in [-0.25, -0.2) is 4.39 Å². The van der Waals surface area contributed by atoms with Gasteiger partial charge in [-0.05, 0) is 17.7 Å². The van der Waals surface area contributed by atoms with Crippen molar-refractivity contribution in [1.82, 2.24) is 0 Å². The maximum atomic E-state index is 12.9. The molecule has 80 valence electrons. The van der Waals surface area contributed by atoms with Crippen molar-refractivity contribution in [2.75, 3.05) is 6.61 Å². The van der Waals surface area contributed by atoms with Crippen LogP contribution in [0.25, 0.3) is 0 Å². The Morgan fingerprint density at radius 2 is 2.33 bits per heavy atom. The Morgan fingerprint density at radius 3 is 3.00 bits per heavy atom. The second-order valence-electron chi connectivity index (χ2n) is 3.11. The van der Waals surface area contributed by atoms with Crippen LogP contribution >= 0.6 is 19.9 Å². The van der Waals surface area contributed by atoms with Crippen molar-refractivity contribution < 1.29 is 18.0 Å². The van der Waals surface area contributed by atoms with Crippen LogP contribution in [0.15, 0.2) is 18.2 Å². The van der Waals surface area contributed by atoms with Gasteiger partial charge in [0.15, 0.2) is 0 Å². The SMILES string of the molecule is O=[P+]1OCCC(c2ccc(F)c(Cl)c2)O1. The first-order valence-corrected chi connectivity index (χ1v) is 5.86. The summed E-state index contributed by atoms with van der Waals surface area (Å²) in [5.74, 6) is -0.475. The van der Waals surface area contributed by atoms with E-state index >= 15 is 0 Å². The molecule has 1 heterocycles. The van der Waals surface area contributed by atoms with Gasteiger partial charge in [0.25, 0.3) is 0 Å². The summed E-state index contributed by atoms with van der Waals surface area (Å²) in [6, 6.07) is 4.32. The van der Waals surface area contributed by atoms with Crippen LogP contribution in [0.2, 0.25) is 5.02 Å². The summed E-state index contributed by atoms with van der Waals surface area (Å²) in [5.41, 5.74) is 0.716. The largest absolute Gasteiger partial charge is 0.698 e. The van der Waals surface area contributed by atoms with Crippen LogP contribution < -0.4 is 0 Å². The fourth-order valence-electron chi connectivity index (χ4n) is 1.36. The number of hydrogen-bond acceptors (Lipinski definition) is 3. The van der Waals surface area contributed by atoms with Crippen molar-refractivity contribution >= 4 is 19.9 Å². The minimum Gasteiger partial charge on any atom is -0.205 e. The summed E-state index contributed by atoms with van der Waals surface area (Å²) in [6.45, 7) is 0.370. The molecule has 0 saturated carbocycles. The zero-order valence-electron chi connectivity index (χ0n) is 7.65. The number of hydrogen-bond donors (Lipinski definition) is 0. The molecule has 0 aromatic heterocycles. The molecule has 15 heavy (non-hydrogen) atoms. The maximum Gasteiger partial charge on any atom is 0.698 e. The van der Waals surface area contributed by atoms with Gasteiger partial charge in [-0.15, -0.1) is 9.05 Å². The molecule has 1 fully saturated rings. The number of halogens is 2. The van der Waals surface area contributed by atoms with Crippen LogP contribution in [-0.2, 0) is 13.6 Å². The lowest BCUT2D eigenvalue weighted by Crippen LogP contribution is -2.09. The van der Waals surface area contributed by atoms with Gasteiger partial charge in [0.05, 0.1) is 5.02 Å². The van der Waals surface area contributed by atoms with E-state index in [1.54, 1.807) is 6.07 Å². The smallest absolute Gasteiger partial charge is 0.205 e. The molecule has 1 aliphatic rings. The van der Waals surface area contributed by atoms with Crippen LogP contribution in [-0.4, -0.2) is 6.61 Å². The molecule has 1 aromatic rings. The molecule has 0 spiro atoms. The summed E-state index contributed by atoms with van der Waals surface area (Å²) in [5, 5.41) is 0.0396. The molecule has 0 amide bonds. The highest BCUT2D eigenvalue weighted by atomic mass is 35.5. The van der Waals surface area contributed by atoms with Gasteiger partial charge in [0.1, 0.15) is 18.5 Å². The average molecular weight is 250 g/mol. The van der Waals surface area contributed by atoms with Crippen molar-refractivity contribution in [2.45, 2.75) is 12.5 Å². The minimum atomic E-state index is -2.06. The molecule has 2 atom stereocenters. The van der Waals surface area contributed by atoms with Gasteiger partial charge in [-0.1, -0.05) is 17.7 Å². The topological polar surface area (TPSA) is 35.5 Å². The highest BCUT2D eigenvalue weighted by molar-refractivity contribution is 7.33. The average Bonchev–Trinajstić information content (AvgIpc) is 2.22. The second-order valence-corrected chi connectivity index (χ2v) is 4.44. The number of rotatable bonds is 1. The van der Waals surface area contributed by atoms with E-state index in [1.165, 1.54) is 12.1 Å². The van der Waals surface area contributed by atoms with E-state index in [-0.39, 0.29) is 11.1 Å². The molecule has 1 saturated heterocycles. The predicted molar refractivity (Wildman–Crippen MR) is 53.4 cm³/mol. The quantitative estimate of drug-likeness (QED) is 0.713. The zero-order chi connectivity index (χ0) is 10.8. The lowest BCUT2D eigenvalue weighted by atomic mass is 10.1. The van der Waals surface area contributed by atoms with Gasteiger partial charge in [0, 0.05) is 11.0 Å². The third-order valence-corrected chi connectivity index (χ3v) is 3.22. The van der Waals surface area contributed by atoms with E-state index < -0.39 is 14.1 Å². The molecular weight excluding hydrogens is 242 g/mol. The number of benzene rings is 1. The first kappa shape index (κ1) is 11.0. The normalized spacial score (nSPS) is 24.1. The van der Waals surface area contributed by atoms with Crippen LogP contribution in [0.4, 0.5) is 4.39 Å². The third kappa shape index (κ3) is 2.52. The van der Waals surface area contributed by atoms with Crippen molar-refractivity contribution in [3.05, 3.63) is 34.6 Å². The highest BCUT2D eigenvalue weighted by Gasteiger charge is 2.34. The Hall–Kier alpha value is -0.540. The molecular formula is C9H8ClFO3P+. The summed E-state index contributed by atoms with van der Waals surface area (Å²) >= 11 is 5.63. The Morgan fingerprint density at radius 1 is 1.53 bits per heavy atom. The standard InChI is InChI=1S/C9H8ClFO3P/c10-7-5-6(1-2-8(7)11)9-3-4-13-15(12)14-9/h1-2,5,9H,3-4H2/q+1. The van der Waals surface area contributed by atoms with Gasteiger partial charge in [-0.3, -0.25) is 0 Å². The molecule has 6 heteroatoms. The summed E-state index contributed by atoms with van der Waals surface area (Å²) < 4.78 is 33.7. The van der Waals surface area contributed by atoms with Gasteiger partial charge < -0.3 is 0 Å². The van der Waals surface area contributed by atoms with Gasteiger partial charge in [0.2, 0.25) is 0 Å². The molecule has 0 aliphatic carbocycles. The molecule has 0 radical (unpaired) electrons. The van der Waals surface area contributed by atoms with Gasteiger partial charge in [-0.2, -0.15) is 0 Å². The van der Waals surface area contributed by atoms with Crippen LogP contribution in [0.5, 0.6) is 0 Å². The van der Waals surface area contributed by atoms with Gasteiger partial charge >= 0.3 is 8.25 Å². The van der Waals surface area contributed by atoms with E-state index in [1.807, 2.05) is 0 Å². The lowest BCUT2D eigenvalue weighted by molar-refractivity contribution is 0.0968. The van der Waals surface area contributed by atoms with E-state index in [0.29, 0.717) is 18.6 Å². The summed E-state index contributed by atoms with van der Waals surface area (Å²) in [4.78, 5) is 0. The molecule has 2 unspecified atom stereocenters. The Labute approximate surface area is 92.1 Å². The summed E-state index contributed by atoms with van der Waals surface area (Å²) in [6.07, 6.45) is 0.253. The first-order chi connectivity index (χ1) is 7.16. The van der Waals surface area contributed by atoms with Crippen molar-refractivity contribution in [1.29, 1.82) is 0 Å².